The van der Waals surface area contributed by atoms with Gasteiger partial charge >= 0.3 is 0 Å². The quantitative estimate of drug-likeness (QED) is 0.379. The van der Waals surface area contributed by atoms with E-state index in [4.69, 9.17) is 16.3 Å². The fraction of sp³-hybridized carbons (Fsp3) is 0.419. The standard InChI is InChI=1S/C31H35ClN2O3S/c1-33(2)38(35,36)30-11-9-24(37-3)17-22(30)16-21-12-14-34(15-13-21)20-31-19-27(25-6-4-5-7-28(25)31)26-10-8-23(32)18-29(26)31/h4-11,17-18,21,27H,12-16,19-20H2,1-3H3/t27-,31-/m0/s1. The van der Waals surface area contributed by atoms with Crippen LogP contribution >= 0.6 is 11.6 Å². The topological polar surface area (TPSA) is 49.9 Å². The first-order valence-electron chi connectivity index (χ1n) is 13.4. The van der Waals surface area contributed by atoms with Gasteiger partial charge in [-0.2, -0.15) is 0 Å². The van der Waals surface area contributed by atoms with Crippen LogP contribution in [-0.2, 0) is 21.9 Å². The highest BCUT2D eigenvalue weighted by molar-refractivity contribution is 7.89. The molecule has 2 atom stereocenters. The van der Waals surface area contributed by atoms with E-state index < -0.39 is 10.0 Å². The zero-order valence-electron chi connectivity index (χ0n) is 22.3. The Morgan fingerprint density at radius 1 is 1.00 bits per heavy atom. The minimum Gasteiger partial charge on any atom is -0.497 e. The minimum absolute atomic E-state index is 0.00587. The van der Waals surface area contributed by atoms with Crippen LogP contribution in [0.1, 0.15) is 53.0 Å². The van der Waals surface area contributed by atoms with E-state index in [1.165, 1.54) is 26.6 Å². The second kappa shape index (κ2) is 9.67. The van der Waals surface area contributed by atoms with Crippen LogP contribution in [0.2, 0.25) is 5.02 Å². The van der Waals surface area contributed by atoms with Crippen molar-refractivity contribution in [1.29, 1.82) is 0 Å². The molecule has 1 heterocycles. The summed E-state index contributed by atoms with van der Waals surface area (Å²) in [7, 11) is 1.27. The number of likely N-dealkylation sites (tertiary alicyclic amines) is 1. The first-order chi connectivity index (χ1) is 18.2. The summed E-state index contributed by atoms with van der Waals surface area (Å²) in [6.07, 6.45) is 3.95. The lowest BCUT2D eigenvalue weighted by atomic mass is 9.74. The summed E-state index contributed by atoms with van der Waals surface area (Å²) in [5.74, 6) is 1.59. The SMILES string of the molecule is COc1ccc(S(=O)(=O)N(C)C)c(CC2CCN(C[C@@]34C[C@@H](c5ccccc53)c3ccc(Cl)cc34)CC2)c1. The summed E-state index contributed by atoms with van der Waals surface area (Å²) in [5, 5.41) is 0.814. The summed E-state index contributed by atoms with van der Waals surface area (Å²) < 4.78 is 32.7. The highest BCUT2D eigenvalue weighted by atomic mass is 35.5. The van der Waals surface area contributed by atoms with Crippen molar-refractivity contribution in [2.24, 2.45) is 5.92 Å². The number of sulfonamides is 1. The molecule has 200 valence electrons. The summed E-state index contributed by atoms with van der Waals surface area (Å²) >= 11 is 6.51. The van der Waals surface area contributed by atoms with Crippen molar-refractivity contribution < 1.29 is 13.2 Å². The number of halogens is 1. The van der Waals surface area contributed by atoms with Crippen molar-refractivity contribution in [2.45, 2.75) is 41.9 Å². The van der Waals surface area contributed by atoms with E-state index in [2.05, 4.69) is 41.3 Å². The Balaban J connectivity index is 1.21. The van der Waals surface area contributed by atoms with Gasteiger partial charge in [0.25, 0.3) is 0 Å². The summed E-state index contributed by atoms with van der Waals surface area (Å²) in [4.78, 5) is 3.01. The molecule has 0 aromatic heterocycles. The van der Waals surface area contributed by atoms with Gasteiger partial charge in [-0.15, -0.1) is 0 Å². The lowest BCUT2D eigenvalue weighted by Crippen LogP contribution is -2.44. The van der Waals surface area contributed by atoms with Crippen molar-refractivity contribution in [2.75, 3.05) is 40.8 Å². The molecular formula is C31H35ClN2O3S. The van der Waals surface area contributed by atoms with Gasteiger partial charge in [-0.1, -0.05) is 41.9 Å². The molecule has 0 radical (unpaired) electrons. The highest BCUT2D eigenvalue weighted by Crippen LogP contribution is 2.60. The minimum atomic E-state index is -3.52. The van der Waals surface area contributed by atoms with Gasteiger partial charge in [-0.25, -0.2) is 12.7 Å². The van der Waals surface area contributed by atoms with E-state index in [0.29, 0.717) is 22.5 Å². The van der Waals surface area contributed by atoms with Gasteiger partial charge in [-0.3, -0.25) is 0 Å². The van der Waals surface area contributed by atoms with E-state index in [0.717, 1.165) is 55.9 Å². The molecule has 0 spiro atoms. The molecular weight excluding hydrogens is 516 g/mol. The second-order valence-electron chi connectivity index (χ2n) is 11.3. The lowest BCUT2D eigenvalue weighted by molar-refractivity contribution is 0.158. The third-order valence-corrected chi connectivity index (χ3v) is 11.2. The second-order valence-corrected chi connectivity index (χ2v) is 13.9. The molecule has 6 rings (SSSR count). The van der Waals surface area contributed by atoms with Gasteiger partial charge in [0.15, 0.2) is 0 Å². The summed E-state index contributed by atoms with van der Waals surface area (Å²) in [5.41, 5.74) is 6.64. The van der Waals surface area contributed by atoms with Crippen molar-refractivity contribution in [3.05, 3.63) is 93.5 Å². The van der Waals surface area contributed by atoms with Crippen LogP contribution in [0.3, 0.4) is 0 Å². The van der Waals surface area contributed by atoms with E-state index in [9.17, 15) is 8.42 Å². The molecule has 1 fully saturated rings. The molecule has 38 heavy (non-hydrogen) atoms. The van der Waals surface area contributed by atoms with E-state index in [-0.39, 0.29) is 5.41 Å². The molecule has 1 saturated heterocycles. The van der Waals surface area contributed by atoms with Crippen molar-refractivity contribution in [1.82, 2.24) is 9.21 Å². The van der Waals surface area contributed by atoms with E-state index >= 15 is 0 Å². The third kappa shape index (κ3) is 4.17. The third-order valence-electron chi connectivity index (χ3n) is 9.05. The van der Waals surface area contributed by atoms with Gasteiger partial charge < -0.3 is 9.64 Å². The number of fused-ring (bicyclic) bond motifs is 8. The Hall–Kier alpha value is -2.38. The molecule has 0 amide bonds. The van der Waals surface area contributed by atoms with Crippen LogP contribution in [0, 0.1) is 5.92 Å². The van der Waals surface area contributed by atoms with Crippen LogP contribution in [0.15, 0.2) is 65.6 Å². The van der Waals surface area contributed by atoms with Crippen molar-refractivity contribution in [3.8, 4) is 5.75 Å². The molecule has 0 unspecified atom stereocenters. The van der Waals surface area contributed by atoms with Crippen LogP contribution in [0.5, 0.6) is 5.75 Å². The number of ether oxygens (including phenoxy) is 1. The number of rotatable bonds is 7. The Morgan fingerprint density at radius 2 is 1.74 bits per heavy atom. The normalized spacial score (nSPS) is 23.0. The fourth-order valence-electron chi connectivity index (χ4n) is 7.15. The average Bonchev–Trinajstić information content (AvgIpc) is 3.41. The van der Waals surface area contributed by atoms with E-state index in [1.54, 1.807) is 33.3 Å². The number of benzene rings is 3. The van der Waals surface area contributed by atoms with Gasteiger partial charge in [0.1, 0.15) is 5.75 Å². The number of hydrogen-bond acceptors (Lipinski definition) is 4. The molecule has 2 bridgehead atoms. The predicted octanol–water partition coefficient (Wildman–Crippen LogP) is 5.69. The fourth-order valence-corrected chi connectivity index (χ4v) is 8.43. The van der Waals surface area contributed by atoms with Crippen LogP contribution in [-0.4, -0.2) is 58.5 Å². The van der Waals surface area contributed by atoms with E-state index in [1.807, 2.05) is 12.1 Å². The Morgan fingerprint density at radius 3 is 2.47 bits per heavy atom. The molecule has 3 aromatic carbocycles. The molecule has 7 heteroatoms. The highest BCUT2D eigenvalue weighted by Gasteiger charge is 2.53. The smallest absolute Gasteiger partial charge is 0.242 e. The molecule has 0 N–H and O–H groups in total. The van der Waals surface area contributed by atoms with Gasteiger partial charge in [0, 0.05) is 37.0 Å². The number of nitrogens with zero attached hydrogens (tertiary/aromatic N) is 2. The van der Waals surface area contributed by atoms with Crippen molar-refractivity contribution in [3.63, 3.8) is 0 Å². The Kier molecular flexibility index (Phi) is 6.58. The van der Waals surface area contributed by atoms with Gasteiger partial charge in [-0.05, 0) is 103 Å². The molecule has 1 aliphatic heterocycles. The number of piperidine rings is 1. The van der Waals surface area contributed by atoms with Crippen molar-refractivity contribution >= 4 is 21.6 Å². The molecule has 3 aliphatic rings. The molecule has 5 nitrogen and oxygen atoms in total. The largest absolute Gasteiger partial charge is 0.497 e. The predicted molar refractivity (Wildman–Crippen MR) is 152 cm³/mol. The lowest BCUT2D eigenvalue weighted by Gasteiger charge is -2.40. The maximum absolute atomic E-state index is 13.0. The molecule has 2 aliphatic carbocycles. The monoisotopic (exact) mass is 550 g/mol. The van der Waals surface area contributed by atoms with Crippen LogP contribution < -0.4 is 4.74 Å². The maximum atomic E-state index is 13.0. The first kappa shape index (κ1) is 25.9. The van der Waals surface area contributed by atoms with Gasteiger partial charge in [0.2, 0.25) is 10.0 Å². The summed E-state index contributed by atoms with van der Waals surface area (Å²) in [6.45, 7) is 3.02. The van der Waals surface area contributed by atoms with Crippen LogP contribution in [0.25, 0.3) is 0 Å². The number of hydrogen-bond donors (Lipinski definition) is 0. The number of methoxy groups -OCH3 is 1. The maximum Gasteiger partial charge on any atom is 0.242 e. The average molecular weight is 551 g/mol. The zero-order chi connectivity index (χ0) is 26.7. The molecule has 3 aromatic rings. The Labute approximate surface area is 231 Å². The molecule has 0 saturated carbocycles. The zero-order valence-corrected chi connectivity index (χ0v) is 23.9. The van der Waals surface area contributed by atoms with Crippen LogP contribution in [0.4, 0.5) is 0 Å². The first-order valence-corrected chi connectivity index (χ1v) is 15.3. The van der Waals surface area contributed by atoms with Gasteiger partial charge in [0.05, 0.1) is 12.0 Å². The summed E-state index contributed by atoms with van der Waals surface area (Å²) in [6, 6.07) is 20.8. The Bertz CT molecular complexity index is 1480.